The number of hydrogen-bond acceptors (Lipinski definition) is 3. The standard InChI is InChI=1S/C14H24N4O/c1-17-13(7-9-16-17)6-8-15-12-14(19)18-10-4-2-3-5-11-18/h7,9,15H,2-6,8,10-12H2,1H3. The maximum Gasteiger partial charge on any atom is 0.236 e. The lowest BCUT2D eigenvalue weighted by Crippen LogP contribution is -2.39. The summed E-state index contributed by atoms with van der Waals surface area (Å²) >= 11 is 0. The van der Waals surface area contributed by atoms with Crippen LogP contribution in [0.4, 0.5) is 0 Å². The number of carbonyl (C=O) groups is 1. The van der Waals surface area contributed by atoms with Crippen LogP contribution in [0, 0.1) is 0 Å². The number of nitrogens with one attached hydrogen (secondary N) is 1. The van der Waals surface area contributed by atoms with E-state index in [0.29, 0.717) is 6.54 Å². The maximum atomic E-state index is 12.0. The molecule has 0 bridgehead atoms. The average Bonchev–Trinajstić information content (AvgIpc) is 2.68. The van der Waals surface area contributed by atoms with Crippen molar-refractivity contribution in [2.24, 2.45) is 7.05 Å². The van der Waals surface area contributed by atoms with Crippen LogP contribution in [0.25, 0.3) is 0 Å². The zero-order chi connectivity index (χ0) is 13.5. The van der Waals surface area contributed by atoms with Crippen molar-refractivity contribution >= 4 is 5.91 Å². The van der Waals surface area contributed by atoms with Crippen molar-refractivity contribution in [1.29, 1.82) is 0 Å². The summed E-state index contributed by atoms with van der Waals surface area (Å²) in [7, 11) is 1.94. The maximum absolute atomic E-state index is 12.0. The van der Waals surface area contributed by atoms with Crippen LogP contribution in [-0.2, 0) is 18.3 Å². The fourth-order valence-corrected chi connectivity index (χ4v) is 2.49. The molecule has 0 spiro atoms. The van der Waals surface area contributed by atoms with Gasteiger partial charge in [-0.3, -0.25) is 9.48 Å². The predicted octanol–water partition coefficient (Wildman–Crippen LogP) is 0.955. The molecule has 5 nitrogen and oxygen atoms in total. The van der Waals surface area contributed by atoms with Gasteiger partial charge in [-0.15, -0.1) is 0 Å². The van der Waals surface area contributed by atoms with Gasteiger partial charge in [-0.05, 0) is 18.9 Å². The van der Waals surface area contributed by atoms with Crippen LogP contribution in [0.15, 0.2) is 12.3 Å². The van der Waals surface area contributed by atoms with E-state index in [-0.39, 0.29) is 5.91 Å². The summed E-state index contributed by atoms with van der Waals surface area (Å²) in [5, 5.41) is 7.36. The van der Waals surface area contributed by atoms with Gasteiger partial charge in [-0.2, -0.15) is 5.10 Å². The second-order valence-electron chi connectivity index (χ2n) is 5.17. The van der Waals surface area contributed by atoms with E-state index in [1.807, 2.05) is 22.7 Å². The molecule has 0 atom stereocenters. The topological polar surface area (TPSA) is 50.2 Å². The van der Waals surface area contributed by atoms with Crippen molar-refractivity contribution in [1.82, 2.24) is 20.0 Å². The molecule has 1 aromatic rings. The summed E-state index contributed by atoms with van der Waals surface area (Å²) < 4.78 is 1.87. The lowest BCUT2D eigenvalue weighted by Gasteiger charge is -2.20. The number of hydrogen-bond donors (Lipinski definition) is 1. The third-order valence-corrected chi connectivity index (χ3v) is 3.72. The van der Waals surface area contributed by atoms with E-state index in [2.05, 4.69) is 10.4 Å². The fourth-order valence-electron chi connectivity index (χ4n) is 2.49. The van der Waals surface area contributed by atoms with E-state index in [4.69, 9.17) is 0 Å². The summed E-state index contributed by atoms with van der Waals surface area (Å²) in [4.78, 5) is 14.0. The van der Waals surface area contributed by atoms with Crippen LogP contribution in [-0.4, -0.2) is 46.8 Å². The summed E-state index contributed by atoms with van der Waals surface area (Å²) in [6, 6.07) is 2.01. The van der Waals surface area contributed by atoms with Gasteiger partial charge < -0.3 is 10.2 Å². The Kier molecular flexibility index (Phi) is 5.39. The van der Waals surface area contributed by atoms with Crippen LogP contribution in [0.3, 0.4) is 0 Å². The van der Waals surface area contributed by atoms with Crippen molar-refractivity contribution in [3.8, 4) is 0 Å². The van der Waals surface area contributed by atoms with E-state index >= 15 is 0 Å². The van der Waals surface area contributed by atoms with Gasteiger partial charge in [0.1, 0.15) is 0 Å². The van der Waals surface area contributed by atoms with Crippen LogP contribution in [0.5, 0.6) is 0 Å². The van der Waals surface area contributed by atoms with Crippen LogP contribution < -0.4 is 5.32 Å². The molecule has 1 aromatic heterocycles. The van der Waals surface area contributed by atoms with Gasteiger partial charge in [0, 0.05) is 45.0 Å². The van der Waals surface area contributed by atoms with Crippen molar-refractivity contribution in [2.45, 2.75) is 32.1 Å². The molecule has 1 N–H and O–H groups in total. The Balaban J connectivity index is 1.64. The number of nitrogens with zero attached hydrogens (tertiary/aromatic N) is 3. The molecule has 2 rings (SSSR count). The summed E-state index contributed by atoms with van der Waals surface area (Å²) in [6.45, 7) is 3.14. The predicted molar refractivity (Wildman–Crippen MR) is 74.8 cm³/mol. The zero-order valence-electron chi connectivity index (χ0n) is 11.8. The molecule has 2 heterocycles. The highest BCUT2D eigenvalue weighted by atomic mass is 16.2. The molecule has 0 aromatic carbocycles. The quantitative estimate of drug-likeness (QED) is 0.806. The number of likely N-dealkylation sites (tertiary alicyclic amines) is 1. The second kappa shape index (κ2) is 7.28. The molecule has 5 heteroatoms. The summed E-state index contributed by atoms with van der Waals surface area (Å²) in [6.07, 6.45) is 7.54. The first-order valence-electron chi connectivity index (χ1n) is 7.23. The smallest absolute Gasteiger partial charge is 0.236 e. The van der Waals surface area contributed by atoms with Crippen LogP contribution in [0.2, 0.25) is 0 Å². The molecule has 1 aliphatic heterocycles. The van der Waals surface area contributed by atoms with Gasteiger partial charge in [0.2, 0.25) is 5.91 Å². The minimum atomic E-state index is 0.243. The van der Waals surface area contributed by atoms with Gasteiger partial charge in [0.15, 0.2) is 0 Å². The highest BCUT2D eigenvalue weighted by molar-refractivity contribution is 5.78. The van der Waals surface area contributed by atoms with Gasteiger partial charge in [0.05, 0.1) is 6.54 Å². The lowest BCUT2D eigenvalue weighted by atomic mass is 10.2. The number of aryl methyl sites for hydroxylation is 1. The molecule has 0 radical (unpaired) electrons. The Bertz CT molecular complexity index is 394. The van der Waals surface area contributed by atoms with Crippen molar-refractivity contribution < 1.29 is 4.79 Å². The molecule has 1 aliphatic rings. The fraction of sp³-hybridized carbons (Fsp3) is 0.714. The largest absolute Gasteiger partial charge is 0.342 e. The number of aromatic nitrogens is 2. The van der Waals surface area contributed by atoms with Gasteiger partial charge in [-0.25, -0.2) is 0 Å². The Labute approximate surface area is 115 Å². The molecule has 0 aliphatic carbocycles. The number of carbonyl (C=O) groups excluding carboxylic acids is 1. The molecule has 1 amide bonds. The lowest BCUT2D eigenvalue weighted by molar-refractivity contribution is -0.130. The Hall–Kier alpha value is -1.36. The molecule has 0 saturated carbocycles. The molecule has 0 unspecified atom stereocenters. The highest BCUT2D eigenvalue weighted by Gasteiger charge is 2.14. The van der Waals surface area contributed by atoms with E-state index in [9.17, 15) is 4.79 Å². The van der Waals surface area contributed by atoms with Crippen molar-refractivity contribution in [3.63, 3.8) is 0 Å². The first-order chi connectivity index (χ1) is 9.27. The zero-order valence-corrected chi connectivity index (χ0v) is 11.8. The second-order valence-corrected chi connectivity index (χ2v) is 5.17. The Morgan fingerprint density at radius 1 is 1.32 bits per heavy atom. The van der Waals surface area contributed by atoms with Crippen molar-refractivity contribution in [2.75, 3.05) is 26.2 Å². The monoisotopic (exact) mass is 264 g/mol. The van der Waals surface area contributed by atoms with Crippen LogP contribution >= 0.6 is 0 Å². The van der Waals surface area contributed by atoms with E-state index in [0.717, 1.165) is 38.9 Å². The molecule has 1 fully saturated rings. The summed E-state index contributed by atoms with van der Waals surface area (Å²) in [5.74, 6) is 0.243. The normalized spacial score (nSPS) is 16.4. The Morgan fingerprint density at radius 3 is 2.68 bits per heavy atom. The van der Waals surface area contributed by atoms with E-state index < -0.39 is 0 Å². The van der Waals surface area contributed by atoms with Crippen LogP contribution in [0.1, 0.15) is 31.4 Å². The molecule has 1 saturated heterocycles. The first kappa shape index (κ1) is 14.1. The highest BCUT2D eigenvalue weighted by Crippen LogP contribution is 2.09. The molecular weight excluding hydrogens is 240 g/mol. The third kappa shape index (κ3) is 4.35. The van der Waals surface area contributed by atoms with Gasteiger partial charge >= 0.3 is 0 Å². The molecule has 19 heavy (non-hydrogen) atoms. The number of rotatable bonds is 5. The minimum Gasteiger partial charge on any atom is -0.342 e. The minimum absolute atomic E-state index is 0.243. The first-order valence-corrected chi connectivity index (χ1v) is 7.23. The molecular formula is C14H24N4O. The summed E-state index contributed by atoms with van der Waals surface area (Å²) in [5.41, 5.74) is 1.19. The Morgan fingerprint density at radius 2 is 2.05 bits per heavy atom. The van der Waals surface area contributed by atoms with Crippen molar-refractivity contribution in [3.05, 3.63) is 18.0 Å². The van der Waals surface area contributed by atoms with Gasteiger partial charge in [-0.1, -0.05) is 12.8 Å². The SMILES string of the molecule is Cn1nccc1CCNCC(=O)N1CCCCCC1. The average molecular weight is 264 g/mol. The third-order valence-electron chi connectivity index (χ3n) is 3.72. The van der Waals surface area contributed by atoms with E-state index in [1.54, 1.807) is 6.20 Å². The van der Waals surface area contributed by atoms with E-state index in [1.165, 1.54) is 18.5 Å². The molecule has 106 valence electrons. The number of amides is 1. The van der Waals surface area contributed by atoms with Gasteiger partial charge in [0.25, 0.3) is 0 Å².